The van der Waals surface area contributed by atoms with E-state index in [2.05, 4.69) is 5.29 Å². The van der Waals surface area contributed by atoms with Gasteiger partial charge in [-0.05, 0) is 29.7 Å². The SMILES string of the molecule is O=NN1CCc2ccc(C(=O)O)cc2C1. The van der Waals surface area contributed by atoms with E-state index in [0.717, 1.165) is 17.5 Å². The molecule has 1 heterocycles. The number of benzene rings is 1. The topological polar surface area (TPSA) is 70.0 Å². The Kier molecular flexibility index (Phi) is 2.37. The molecule has 0 saturated carbocycles. The van der Waals surface area contributed by atoms with Crippen LogP contribution in [-0.4, -0.2) is 22.6 Å². The van der Waals surface area contributed by atoms with Crippen LogP contribution in [0.2, 0.25) is 0 Å². The Morgan fingerprint density at radius 2 is 2.20 bits per heavy atom. The molecule has 5 nitrogen and oxygen atoms in total. The van der Waals surface area contributed by atoms with Gasteiger partial charge in [0.05, 0.1) is 17.4 Å². The molecule has 0 unspecified atom stereocenters. The minimum Gasteiger partial charge on any atom is -0.478 e. The van der Waals surface area contributed by atoms with Crippen molar-refractivity contribution in [3.8, 4) is 0 Å². The van der Waals surface area contributed by atoms with Crippen LogP contribution >= 0.6 is 0 Å². The summed E-state index contributed by atoms with van der Waals surface area (Å²) in [5.74, 6) is -0.950. The largest absolute Gasteiger partial charge is 0.478 e. The van der Waals surface area contributed by atoms with Gasteiger partial charge < -0.3 is 5.11 Å². The van der Waals surface area contributed by atoms with Crippen LogP contribution in [0.25, 0.3) is 0 Å². The quantitative estimate of drug-likeness (QED) is 0.743. The summed E-state index contributed by atoms with van der Waals surface area (Å²) in [5.41, 5.74) is 2.22. The normalized spacial score (nSPS) is 14.5. The van der Waals surface area contributed by atoms with Crippen molar-refractivity contribution in [2.45, 2.75) is 13.0 Å². The summed E-state index contributed by atoms with van der Waals surface area (Å²) in [6.07, 6.45) is 0.737. The fraction of sp³-hybridized carbons (Fsp3) is 0.300. The molecule has 0 amide bonds. The molecule has 78 valence electrons. The van der Waals surface area contributed by atoms with E-state index < -0.39 is 5.97 Å². The summed E-state index contributed by atoms with van der Waals surface area (Å²) < 4.78 is 0. The van der Waals surface area contributed by atoms with Crippen LogP contribution in [0.1, 0.15) is 21.5 Å². The molecule has 2 rings (SSSR count). The van der Waals surface area contributed by atoms with Crippen molar-refractivity contribution in [3.05, 3.63) is 39.8 Å². The molecule has 0 aromatic heterocycles. The summed E-state index contributed by atoms with van der Waals surface area (Å²) in [7, 11) is 0. The van der Waals surface area contributed by atoms with E-state index in [9.17, 15) is 9.70 Å². The van der Waals surface area contributed by atoms with Gasteiger partial charge in [0, 0.05) is 6.54 Å². The molecule has 0 saturated heterocycles. The van der Waals surface area contributed by atoms with Crippen molar-refractivity contribution in [3.63, 3.8) is 0 Å². The van der Waals surface area contributed by atoms with E-state index in [1.807, 2.05) is 0 Å². The molecule has 0 spiro atoms. The number of rotatable bonds is 2. The molecule has 0 fully saturated rings. The predicted octanol–water partition coefficient (Wildman–Crippen LogP) is 1.42. The van der Waals surface area contributed by atoms with Crippen LogP contribution in [0.5, 0.6) is 0 Å². The lowest BCUT2D eigenvalue weighted by Gasteiger charge is -2.23. The maximum absolute atomic E-state index is 10.7. The smallest absolute Gasteiger partial charge is 0.335 e. The molecule has 0 radical (unpaired) electrons. The standard InChI is InChI=1S/C10H10N2O3/c13-10(14)8-2-1-7-3-4-12(11-15)6-9(7)5-8/h1-2,5H,3-4,6H2,(H,13,14). The second kappa shape index (κ2) is 3.68. The Morgan fingerprint density at radius 3 is 2.87 bits per heavy atom. The highest BCUT2D eigenvalue weighted by molar-refractivity contribution is 5.87. The first-order chi connectivity index (χ1) is 7.20. The first-order valence-corrected chi connectivity index (χ1v) is 4.64. The van der Waals surface area contributed by atoms with Gasteiger partial charge in [-0.25, -0.2) is 4.79 Å². The van der Waals surface area contributed by atoms with Crippen LogP contribution < -0.4 is 0 Å². The summed E-state index contributed by atoms with van der Waals surface area (Å²) in [6.45, 7) is 1.00. The Morgan fingerprint density at radius 1 is 1.40 bits per heavy atom. The Bertz CT molecular complexity index is 417. The molecule has 0 aliphatic carbocycles. The van der Waals surface area contributed by atoms with Gasteiger partial charge in [-0.2, -0.15) is 0 Å². The van der Waals surface area contributed by atoms with Crippen molar-refractivity contribution >= 4 is 5.97 Å². The number of carboxylic acids is 1. The van der Waals surface area contributed by atoms with Gasteiger partial charge in [0.1, 0.15) is 0 Å². The van der Waals surface area contributed by atoms with E-state index in [1.54, 1.807) is 18.2 Å². The van der Waals surface area contributed by atoms with Crippen molar-refractivity contribution in [2.24, 2.45) is 5.29 Å². The van der Waals surface area contributed by atoms with Crippen LogP contribution in [0.4, 0.5) is 0 Å². The minimum atomic E-state index is -0.950. The molecular weight excluding hydrogens is 196 g/mol. The summed E-state index contributed by atoms with van der Waals surface area (Å²) in [4.78, 5) is 21.1. The number of carbonyl (C=O) groups is 1. The number of aromatic carboxylic acids is 1. The third-order valence-electron chi connectivity index (χ3n) is 2.56. The van der Waals surface area contributed by atoms with Gasteiger partial charge in [0.25, 0.3) is 0 Å². The second-order valence-corrected chi connectivity index (χ2v) is 3.51. The van der Waals surface area contributed by atoms with E-state index >= 15 is 0 Å². The third-order valence-corrected chi connectivity index (χ3v) is 2.56. The fourth-order valence-electron chi connectivity index (χ4n) is 1.74. The van der Waals surface area contributed by atoms with Gasteiger partial charge in [0.2, 0.25) is 0 Å². The monoisotopic (exact) mass is 206 g/mol. The van der Waals surface area contributed by atoms with Gasteiger partial charge in [-0.1, -0.05) is 6.07 Å². The highest BCUT2D eigenvalue weighted by Crippen LogP contribution is 2.20. The molecule has 5 heteroatoms. The molecule has 1 aromatic rings. The molecule has 1 N–H and O–H groups in total. The average molecular weight is 206 g/mol. The zero-order valence-electron chi connectivity index (χ0n) is 8.01. The molecule has 0 bridgehead atoms. The highest BCUT2D eigenvalue weighted by Gasteiger charge is 2.17. The second-order valence-electron chi connectivity index (χ2n) is 3.51. The lowest BCUT2D eigenvalue weighted by atomic mass is 9.98. The molecule has 1 aliphatic rings. The number of hydrogen-bond donors (Lipinski definition) is 1. The maximum atomic E-state index is 10.7. The Balaban J connectivity index is 2.34. The molecular formula is C10H10N2O3. The average Bonchev–Trinajstić information content (AvgIpc) is 2.27. The Labute approximate surface area is 86.3 Å². The number of fused-ring (bicyclic) bond motifs is 1. The van der Waals surface area contributed by atoms with Crippen molar-refractivity contribution < 1.29 is 9.90 Å². The minimum absolute atomic E-state index is 0.251. The van der Waals surface area contributed by atoms with Crippen molar-refractivity contribution in [2.75, 3.05) is 6.54 Å². The third kappa shape index (κ3) is 1.81. The van der Waals surface area contributed by atoms with Gasteiger partial charge in [-0.15, -0.1) is 4.91 Å². The van der Waals surface area contributed by atoms with E-state index in [0.29, 0.717) is 13.1 Å². The molecule has 0 atom stereocenters. The van der Waals surface area contributed by atoms with Crippen LogP contribution in [0.3, 0.4) is 0 Å². The maximum Gasteiger partial charge on any atom is 0.335 e. The first-order valence-electron chi connectivity index (χ1n) is 4.64. The van der Waals surface area contributed by atoms with E-state index in [4.69, 9.17) is 5.11 Å². The highest BCUT2D eigenvalue weighted by atomic mass is 16.4. The Hall–Kier alpha value is -1.91. The van der Waals surface area contributed by atoms with Gasteiger partial charge >= 0.3 is 5.97 Å². The summed E-state index contributed by atoms with van der Waals surface area (Å²) >= 11 is 0. The lowest BCUT2D eigenvalue weighted by molar-refractivity contribution is 0.0696. The van der Waals surface area contributed by atoms with Crippen LogP contribution in [0, 0.1) is 4.91 Å². The lowest BCUT2D eigenvalue weighted by Crippen LogP contribution is -2.25. The molecule has 1 aromatic carbocycles. The predicted molar refractivity (Wildman–Crippen MR) is 53.3 cm³/mol. The number of nitroso groups, excluding NO2 is 1. The number of nitrogens with zero attached hydrogens (tertiary/aromatic N) is 2. The molecule has 15 heavy (non-hydrogen) atoms. The van der Waals surface area contributed by atoms with E-state index in [1.165, 1.54) is 5.01 Å². The van der Waals surface area contributed by atoms with Crippen LogP contribution in [-0.2, 0) is 13.0 Å². The number of hydrogen-bond acceptors (Lipinski definition) is 3. The number of carboxylic acid groups (broad SMARTS) is 1. The van der Waals surface area contributed by atoms with E-state index in [-0.39, 0.29) is 5.56 Å². The van der Waals surface area contributed by atoms with Crippen LogP contribution in [0.15, 0.2) is 23.5 Å². The molecule has 1 aliphatic heterocycles. The first kappa shape index (κ1) is 9.64. The van der Waals surface area contributed by atoms with Crippen molar-refractivity contribution in [1.82, 2.24) is 5.01 Å². The van der Waals surface area contributed by atoms with Gasteiger partial charge in [-0.3, -0.25) is 5.01 Å². The zero-order valence-corrected chi connectivity index (χ0v) is 8.01. The van der Waals surface area contributed by atoms with Crippen molar-refractivity contribution in [1.29, 1.82) is 0 Å². The summed E-state index contributed by atoms with van der Waals surface area (Å²) in [5, 5.41) is 13.1. The fourth-order valence-corrected chi connectivity index (χ4v) is 1.74. The zero-order chi connectivity index (χ0) is 10.8. The van der Waals surface area contributed by atoms with Gasteiger partial charge in [0.15, 0.2) is 0 Å². The summed E-state index contributed by atoms with van der Waals surface area (Å²) in [6, 6.07) is 5.00.